The molecule has 6 nitrogen and oxygen atoms in total. The monoisotopic (exact) mass is 232 g/mol. The molecule has 94 valence electrons. The largest absolute Gasteiger partial charge is 0.480 e. The quantitative estimate of drug-likeness (QED) is 0.598. The minimum Gasteiger partial charge on any atom is -0.480 e. The number of nitrogens with zero attached hydrogens (tertiary/aromatic N) is 1. The van der Waals surface area contributed by atoms with E-state index in [1.807, 2.05) is 6.92 Å². The fraction of sp³-hybridized carbons (Fsp3) is 0.800. The lowest BCUT2D eigenvalue weighted by molar-refractivity contribution is -0.144. The van der Waals surface area contributed by atoms with Gasteiger partial charge in [-0.05, 0) is 13.3 Å². The third kappa shape index (κ3) is 7.19. The lowest BCUT2D eigenvalue weighted by Gasteiger charge is -2.20. The highest BCUT2D eigenvalue weighted by Crippen LogP contribution is 2.00. The molecule has 0 heterocycles. The van der Waals surface area contributed by atoms with E-state index in [9.17, 15) is 9.59 Å². The van der Waals surface area contributed by atoms with Crippen molar-refractivity contribution in [2.24, 2.45) is 5.73 Å². The zero-order valence-electron chi connectivity index (χ0n) is 9.81. The van der Waals surface area contributed by atoms with E-state index in [-0.39, 0.29) is 24.9 Å². The van der Waals surface area contributed by atoms with Crippen LogP contribution in [0.25, 0.3) is 0 Å². The van der Waals surface area contributed by atoms with E-state index in [1.54, 1.807) is 0 Å². The Balaban J connectivity index is 4.14. The summed E-state index contributed by atoms with van der Waals surface area (Å²) in [5, 5.41) is 8.65. The van der Waals surface area contributed by atoms with E-state index < -0.39 is 5.97 Å². The molecule has 0 bridgehead atoms. The minimum atomic E-state index is -1.02. The van der Waals surface area contributed by atoms with E-state index in [0.29, 0.717) is 19.6 Å². The molecule has 1 unspecified atom stereocenters. The third-order valence-corrected chi connectivity index (χ3v) is 2.06. The van der Waals surface area contributed by atoms with Gasteiger partial charge in [-0.15, -0.1) is 0 Å². The summed E-state index contributed by atoms with van der Waals surface area (Å²) in [6.07, 6.45) is 0.830. The van der Waals surface area contributed by atoms with E-state index in [0.717, 1.165) is 0 Å². The maximum Gasteiger partial charge on any atom is 0.323 e. The van der Waals surface area contributed by atoms with Crippen molar-refractivity contribution >= 4 is 11.9 Å². The number of amides is 1. The molecule has 3 N–H and O–H groups in total. The van der Waals surface area contributed by atoms with Gasteiger partial charge in [0.1, 0.15) is 6.54 Å². The Morgan fingerprint density at radius 3 is 2.56 bits per heavy atom. The molecule has 1 atom stereocenters. The Labute approximate surface area is 95.4 Å². The summed E-state index contributed by atoms with van der Waals surface area (Å²) in [4.78, 5) is 23.5. The molecular weight excluding hydrogens is 212 g/mol. The Bertz CT molecular complexity index is 231. The fourth-order valence-electron chi connectivity index (χ4n) is 1.17. The zero-order chi connectivity index (χ0) is 12.6. The molecule has 0 aromatic rings. The normalized spacial score (nSPS) is 12.2. The van der Waals surface area contributed by atoms with Crippen LogP contribution in [0.5, 0.6) is 0 Å². The highest BCUT2D eigenvalue weighted by Gasteiger charge is 2.16. The Kier molecular flexibility index (Phi) is 7.49. The van der Waals surface area contributed by atoms with Crippen LogP contribution in [0, 0.1) is 0 Å². The smallest absolute Gasteiger partial charge is 0.323 e. The highest BCUT2D eigenvalue weighted by atomic mass is 16.5. The van der Waals surface area contributed by atoms with Gasteiger partial charge < -0.3 is 20.5 Å². The van der Waals surface area contributed by atoms with Gasteiger partial charge >= 0.3 is 5.97 Å². The van der Waals surface area contributed by atoms with Gasteiger partial charge in [0.15, 0.2) is 0 Å². The summed E-state index contributed by atoms with van der Waals surface area (Å²) < 4.78 is 4.82. The Morgan fingerprint density at radius 2 is 2.12 bits per heavy atom. The fourth-order valence-corrected chi connectivity index (χ4v) is 1.17. The highest BCUT2D eigenvalue weighted by molar-refractivity contribution is 5.81. The first-order valence-corrected chi connectivity index (χ1v) is 5.21. The average molecular weight is 232 g/mol. The summed E-state index contributed by atoms with van der Waals surface area (Å²) in [6.45, 7) is 2.14. The Morgan fingerprint density at radius 1 is 1.50 bits per heavy atom. The molecule has 16 heavy (non-hydrogen) atoms. The first-order valence-electron chi connectivity index (χ1n) is 5.21. The molecule has 1 amide bonds. The molecule has 0 radical (unpaired) electrons. The standard InChI is InChI=1S/C10H20N2O4/c1-8(11)3-4-9(13)12(5-6-16-2)7-10(14)15/h8H,3-7,11H2,1-2H3,(H,14,15). The number of carbonyl (C=O) groups excluding carboxylic acids is 1. The topological polar surface area (TPSA) is 92.9 Å². The second kappa shape index (κ2) is 8.06. The number of rotatable bonds is 8. The maximum atomic E-state index is 11.6. The van der Waals surface area contributed by atoms with Gasteiger partial charge in [-0.3, -0.25) is 9.59 Å². The van der Waals surface area contributed by atoms with Gasteiger partial charge in [0.25, 0.3) is 0 Å². The molecule has 0 rings (SSSR count). The van der Waals surface area contributed by atoms with Crippen molar-refractivity contribution in [1.29, 1.82) is 0 Å². The van der Waals surface area contributed by atoms with Gasteiger partial charge in [-0.2, -0.15) is 0 Å². The summed E-state index contributed by atoms with van der Waals surface area (Å²) >= 11 is 0. The molecule has 0 aromatic heterocycles. The number of ether oxygens (including phenoxy) is 1. The maximum absolute atomic E-state index is 11.6. The van der Waals surface area contributed by atoms with Crippen LogP contribution in [-0.4, -0.2) is 54.7 Å². The van der Waals surface area contributed by atoms with Crippen LogP contribution in [0.2, 0.25) is 0 Å². The number of carboxylic acid groups (broad SMARTS) is 1. The van der Waals surface area contributed by atoms with Crippen molar-refractivity contribution in [3.05, 3.63) is 0 Å². The second-order valence-electron chi connectivity index (χ2n) is 3.72. The zero-order valence-corrected chi connectivity index (χ0v) is 9.81. The van der Waals surface area contributed by atoms with Crippen molar-refractivity contribution in [2.75, 3.05) is 26.8 Å². The first kappa shape index (κ1) is 14.9. The number of carboxylic acids is 1. The first-order chi connectivity index (χ1) is 7.47. The third-order valence-electron chi connectivity index (χ3n) is 2.06. The number of nitrogens with two attached hydrogens (primary N) is 1. The summed E-state index contributed by atoms with van der Waals surface area (Å²) in [7, 11) is 1.51. The van der Waals surface area contributed by atoms with Crippen molar-refractivity contribution in [3.8, 4) is 0 Å². The van der Waals surface area contributed by atoms with Crippen LogP contribution in [0.1, 0.15) is 19.8 Å². The summed E-state index contributed by atoms with van der Waals surface area (Å²) in [5.74, 6) is -1.22. The van der Waals surface area contributed by atoms with Crippen molar-refractivity contribution in [1.82, 2.24) is 4.90 Å². The van der Waals surface area contributed by atoms with E-state index in [1.165, 1.54) is 12.0 Å². The van der Waals surface area contributed by atoms with E-state index >= 15 is 0 Å². The van der Waals surface area contributed by atoms with Crippen LogP contribution in [0.4, 0.5) is 0 Å². The van der Waals surface area contributed by atoms with Crippen LogP contribution in [0.3, 0.4) is 0 Å². The molecule has 0 aliphatic carbocycles. The molecule has 0 aliphatic heterocycles. The Hall–Kier alpha value is -1.14. The number of hydrogen-bond acceptors (Lipinski definition) is 4. The van der Waals surface area contributed by atoms with Gasteiger partial charge in [0.2, 0.25) is 5.91 Å². The van der Waals surface area contributed by atoms with Crippen LogP contribution >= 0.6 is 0 Å². The van der Waals surface area contributed by atoms with Crippen LogP contribution in [-0.2, 0) is 14.3 Å². The number of hydrogen-bond donors (Lipinski definition) is 2. The van der Waals surface area contributed by atoms with Gasteiger partial charge in [-0.1, -0.05) is 0 Å². The molecule has 0 saturated heterocycles. The summed E-state index contributed by atoms with van der Waals surface area (Å²) in [5.41, 5.74) is 5.53. The number of aliphatic carboxylic acids is 1. The van der Waals surface area contributed by atoms with Crippen LogP contribution < -0.4 is 5.73 Å². The SMILES string of the molecule is COCCN(CC(=O)O)C(=O)CCC(C)N. The predicted octanol–water partition coefficient (Wildman–Crippen LogP) is -0.327. The van der Waals surface area contributed by atoms with E-state index in [4.69, 9.17) is 15.6 Å². The van der Waals surface area contributed by atoms with Crippen molar-refractivity contribution in [2.45, 2.75) is 25.8 Å². The molecule has 0 fully saturated rings. The second-order valence-corrected chi connectivity index (χ2v) is 3.72. The van der Waals surface area contributed by atoms with Gasteiger partial charge in [-0.25, -0.2) is 0 Å². The van der Waals surface area contributed by atoms with Gasteiger partial charge in [0.05, 0.1) is 6.61 Å². The van der Waals surface area contributed by atoms with Gasteiger partial charge in [0, 0.05) is 26.1 Å². The number of methoxy groups -OCH3 is 1. The van der Waals surface area contributed by atoms with Crippen molar-refractivity contribution < 1.29 is 19.4 Å². The van der Waals surface area contributed by atoms with E-state index in [2.05, 4.69) is 0 Å². The molecule has 0 saturated carbocycles. The summed E-state index contributed by atoms with van der Waals surface area (Å²) in [6, 6.07) is -0.0574. The number of carbonyl (C=O) groups is 2. The lowest BCUT2D eigenvalue weighted by Crippen LogP contribution is -2.38. The molecule has 0 aliphatic rings. The molecule has 0 spiro atoms. The average Bonchev–Trinajstić information content (AvgIpc) is 2.20. The molecule has 6 heteroatoms. The molecular formula is C10H20N2O4. The van der Waals surface area contributed by atoms with Crippen LogP contribution in [0.15, 0.2) is 0 Å². The minimum absolute atomic E-state index is 0.0574. The molecule has 0 aromatic carbocycles. The lowest BCUT2D eigenvalue weighted by atomic mass is 10.2. The predicted molar refractivity (Wildman–Crippen MR) is 59.0 cm³/mol. The van der Waals surface area contributed by atoms with Crippen molar-refractivity contribution in [3.63, 3.8) is 0 Å².